The van der Waals surface area contributed by atoms with E-state index in [0.717, 1.165) is 6.42 Å². The molecule has 0 N–H and O–H groups in total. The van der Waals surface area contributed by atoms with Gasteiger partial charge < -0.3 is 9.13 Å². The Morgan fingerprint density at radius 2 is 1.63 bits per heavy atom. The lowest BCUT2D eigenvalue weighted by Crippen LogP contribution is -2.05. The minimum Gasteiger partial charge on any atom is -0.343 e. The number of hydrogen-bond acceptors (Lipinski definition) is 0. The molecule has 1 atom stereocenters. The normalized spacial score (nSPS) is 18.1. The van der Waals surface area contributed by atoms with Crippen LogP contribution in [0.25, 0.3) is 49.2 Å². The average molecular weight is 346 g/mol. The van der Waals surface area contributed by atoms with E-state index in [2.05, 4.69) is 89.0 Å². The van der Waals surface area contributed by atoms with Crippen LogP contribution in [0.3, 0.4) is 0 Å². The van der Waals surface area contributed by atoms with Gasteiger partial charge in [-0.1, -0.05) is 54.6 Å². The number of rotatable bonds is 0. The van der Waals surface area contributed by atoms with Crippen molar-refractivity contribution < 1.29 is 0 Å². The lowest BCUT2D eigenvalue weighted by molar-refractivity contribution is 0.684. The molecule has 128 valence electrons. The number of nitrogens with zero attached hydrogens (tertiary/aromatic N) is 2. The highest BCUT2D eigenvalue weighted by Crippen LogP contribution is 2.52. The van der Waals surface area contributed by atoms with Crippen molar-refractivity contribution in [2.24, 2.45) is 7.05 Å². The van der Waals surface area contributed by atoms with Crippen LogP contribution < -0.4 is 0 Å². The Balaban J connectivity index is 1.86. The average Bonchev–Trinajstić information content (AvgIpc) is 3.33. The van der Waals surface area contributed by atoms with Crippen LogP contribution in [0.2, 0.25) is 0 Å². The molecule has 1 aliphatic carbocycles. The fraction of sp³-hybridized carbons (Fsp3) is 0.120. The topological polar surface area (TPSA) is 9.86 Å². The second-order valence-corrected chi connectivity index (χ2v) is 7.81. The second-order valence-electron chi connectivity index (χ2n) is 7.81. The van der Waals surface area contributed by atoms with Crippen molar-refractivity contribution in [3.63, 3.8) is 0 Å². The van der Waals surface area contributed by atoms with E-state index in [0.29, 0.717) is 6.04 Å². The number of hydrogen-bond donors (Lipinski definition) is 0. The van der Waals surface area contributed by atoms with Crippen LogP contribution in [0.1, 0.15) is 18.0 Å². The maximum absolute atomic E-state index is 2.59. The Bertz CT molecular complexity index is 1500. The quantitative estimate of drug-likeness (QED) is 0.310. The van der Waals surface area contributed by atoms with E-state index in [4.69, 9.17) is 0 Å². The first-order valence-electron chi connectivity index (χ1n) is 9.64. The van der Waals surface area contributed by atoms with Crippen molar-refractivity contribution in [1.29, 1.82) is 0 Å². The maximum Gasteiger partial charge on any atom is 0.0633 e. The third kappa shape index (κ3) is 1.46. The van der Waals surface area contributed by atoms with Crippen molar-refractivity contribution in [3.05, 3.63) is 78.4 Å². The van der Waals surface area contributed by atoms with E-state index in [1.807, 2.05) is 0 Å². The van der Waals surface area contributed by atoms with E-state index in [1.165, 1.54) is 54.7 Å². The minimum atomic E-state index is 0.426. The Kier molecular flexibility index (Phi) is 2.33. The van der Waals surface area contributed by atoms with Gasteiger partial charge in [0.1, 0.15) is 0 Å². The summed E-state index contributed by atoms with van der Waals surface area (Å²) in [5, 5.41) is 5.50. The molecule has 0 spiro atoms. The third-order valence-corrected chi connectivity index (χ3v) is 6.59. The van der Waals surface area contributed by atoms with Gasteiger partial charge >= 0.3 is 0 Å². The van der Waals surface area contributed by atoms with E-state index < -0.39 is 0 Å². The zero-order chi connectivity index (χ0) is 17.7. The molecule has 0 bridgehead atoms. The van der Waals surface area contributed by atoms with Crippen LogP contribution in [0, 0.1) is 0 Å². The molecule has 0 fully saturated rings. The van der Waals surface area contributed by atoms with Gasteiger partial charge in [-0.05, 0) is 30.2 Å². The van der Waals surface area contributed by atoms with Gasteiger partial charge in [-0.3, -0.25) is 0 Å². The number of aromatic nitrogens is 2. The summed E-state index contributed by atoms with van der Waals surface area (Å²) in [5.41, 5.74) is 8.32. The molecule has 0 radical (unpaired) electrons. The molecule has 0 saturated carbocycles. The lowest BCUT2D eigenvalue weighted by Gasteiger charge is -2.18. The first-order valence-corrected chi connectivity index (χ1v) is 9.64. The molecule has 2 aromatic heterocycles. The fourth-order valence-corrected chi connectivity index (χ4v) is 5.53. The van der Waals surface area contributed by atoms with Crippen molar-refractivity contribution in [2.75, 3.05) is 0 Å². The molecule has 2 nitrogen and oxygen atoms in total. The molecule has 7 rings (SSSR count). The van der Waals surface area contributed by atoms with Crippen LogP contribution in [0.5, 0.6) is 0 Å². The van der Waals surface area contributed by atoms with Crippen LogP contribution >= 0.6 is 0 Å². The second kappa shape index (κ2) is 4.52. The third-order valence-electron chi connectivity index (χ3n) is 6.59. The van der Waals surface area contributed by atoms with Gasteiger partial charge in [0.25, 0.3) is 0 Å². The Morgan fingerprint density at radius 1 is 0.852 bits per heavy atom. The molecular weight excluding hydrogens is 328 g/mol. The van der Waals surface area contributed by atoms with Crippen molar-refractivity contribution >= 4 is 49.2 Å². The summed E-state index contributed by atoms with van der Waals surface area (Å²) in [6.07, 6.45) is 7.92. The molecule has 0 amide bonds. The Morgan fingerprint density at radius 3 is 2.52 bits per heavy atom. The molecule has 2 aliphatic rings. The van der Waals surface area contributed by atoms with E-state index in [9.17, 15) is 0 Å². The molecule has 27 heavy (non-hydrogen) atoms. The van der Waals surface area contributed by atoms with E-state index in [-0.39, 0.29) is 0 Å². The van der Waals surface area contributed by atoms with E-state index >= 15 is 0 Å². The molecule has 1 unspecified atom stereocenters. The highest BCUT2D eigenvalue weighted by Gasteiger charge is 2.33. The van der Waals surface area contributed by atoms with Gasteiger partial charge in [0.15, 0.2) is 0 Å². The van der Waals surface area contributed by atoms with Crippen LogP contribution in [-0.2, 0) is 7.05 Å². The summed E-state index contributed by atoms with van der Waals surface area (Å²) in [7, 11) is 2.21. The Labute approximate surface area is 156 Å². The Hall–Kier alpha value is -3.26. The monoisotopic (exact) mass is 346 g/mol. The summed E-state index contributed by atoms with van der Waals surface area (Å²) in [6, 6.07) is 20.6. The number of allylic oxidation sites excluding steroid dienone is 4. The lowest BCUT2D eigenvalue weighted by atomic mass is 9.92. The predicted octanol–water partition coefficient (Wildman–Crippen LogP) is 6.34. The molecule has 0 saturated heterocycles. The largest absolute Gasteiger partial charge is 0.343 e. The molecular formula is C25H18N2. The molecule has 3 aromatic carbocycles. The molecule has 2 heteroatoms. The van der Waals surface area contributed by atoms with Crippen LogP contribution in [0.4, 0.5) is 0 Å². The summed E-state index contributed by atoms with van der Waals surface area (Å²) < 4.78 is 4.97. The smallest absolute Gasteiger partial charge is 0.0633 e. The number of para-hydroxylation sites is 2. The van der Waals surface area contributed by atoms with E-state index in [1.54, 1.807) is 0 Å². The zero-order valence-electron chi connectivity index (χ0n) is 15.1. The first kappa shape index (κ1) is 13.9. The zero-order valence-corrected chi connectivity index (χ0v) is 15.1. The van der Waals surface area contributed by atoms with Crippen LogP contribution in [-0.4, -0.2) is 9.13 Å². The predicted molar refractivity (Wildman–Crippen MR) is 114 cm³/mol. The molecule has 3 heterocycles. The fourth-order valence-electron chi connectivity index (χ4n) is 5.53. The molecule has 1 aliphatic heterocycles. The van der Waals surface area contributed by atoms with Crippen molar-refractivity contribution in [2.45, 2.75) is 12.5 Å². The summed E-state index contributed by atoms with van der Waals surface area (Å²) in [4.78, 5) is 0. The van der Waals surface area contributed by atoms with Crippen molar-refractivity contribution in [1.82, 2.24) is 9.13 Å². The van der Waals surface area contributed by atoms with Crippen molar-refractivity contribution in [3.8, 4) is 0 Å². The summed E-state index contributed by atoms with van der Waals surface area (Å²) >= 11 is 0. The number of benzene rings is 3. The number of aryl methyl sites for hydroxylation is 1. The van der Waals surface area contributed by atoms with Gasteiger partial charge in [-0.25, -0.2) is 0 Å². The van der Waals surface area contributed by atoms with Gasteiger partial charge in [-0.15, -0.1) is 0 Å². The minimum absolute atomic E-state index is 0.426. The molecule has 5 aromatic rings. The first-order chi connectivity index (χ1) is 13.3. The van der Waals surface area contributed by atoms with Gasteiger partial charge in [0.05, 0.1) is 17.1 Å². The van der Waals surface area contributed by atoms with Gasteiger partial charge in [-0.2, -0.15) is 0 Å². The number of fused-ring (bicyclic) bond motifs is 10. The highest BCUT2D eigenvalue weighted by atomic mass is 15.1. The highest BCUT2D eigenvalue weighted by molar-refractivity contribution is 6.28. The summed E-state index contributed by atoms with van der Waals surface area (Å²) in [6.45, 7) is 0. The van der Waals surface area contributed by atoms with Gasteiger partial charge in [0, 0.05) is 45.2 Å². The summed E-state index contributed by atoms with van der Waals surface area (Å²) in [5.74, 6) is 0. The standard InChI is InChI=1S/C25H18N2/c1-26-20-11-5-2-8-15(20)18-14-19-16-9-3-6-12-21(16)27-22-13-7-4-10-17(22)23(24(18)26)25(19)27/h2-11,13-14,21H,12H2,1H3. The SMILES string of the molecule is Cn1c2ccccc2c2cc3c4c(c5ccccc5n4C4CC=CC=C34)c21. The maximum atomic E-state index is 2.59. The van der Waals surface area contributed by atoms with Gasteiger partial charge in [0.2, 0.25) is 0 Å². The van der Waals surface area contributed by atoms with Crippen LogP contribution in [0.15, 0.2) is 72.8 Å².